The molecule has 2 rings (SSSR count). The third-order valence-electron chi connectivity index (χ3n) is 4.81. The van der Waals surface area contributed by atoms with Crippen molar-refractivity contribution in [3.8, 4) is 0 Å². The standard InChI is InChI=1S/C21H29N3O5S2/c1-5-20(24(30(4,26)27)18-11-9-8-10-12-18)21(25)22-17-13-15-19(16-14-17)31(28,29)23(6-2)7-3/h8-16,20H,5-7H2,1-4H3,(H,22,25)/t20-/m0/s1. The maximum atomic E-state index is 12.9. The van der Waals surface area contributed by atoms with E-state index in [1.807, 2.05) is 0 Å². The van der Waals surface area contributed by atoms with Crippen molar-refractivity contribution < 1.29 is 21.6 Å². The van der Waals surface area contributed by atoms with E-state index in [0.717, 1.165) is 10.6 Å². The molecule has 0 saturated carbocycles. The minimum Gasteiger partial charge on any atom is -0.324 e. The van der Waals surface area contributed by atoms with Crippen LogP contribution in [0, 0.1) is 0 Å². The van der Waals surface area contributed by atoms with Crippen molar-refractivity contribution in [2.24, 2.45) is 0 Å². The SMILES string of the molecule is CC[C@@H](C(=O)Nc1ccc(S(=O)(=O)N(CC)CC)cc1)N(c1ccccc1)S(C)(=O)=O. The lowest BCUT2D eigenvalue weighted by molar-refractivity contribution is -0.117. The molecular weight excluding hydrogens is 438 g/mol. The van der Waals surface area contributed by atoms with Crippen molar-refractivity contribution in [2.75, 3.05) is 29.0 Å². The van der Waals surface area contributed by atoms with Gasteiger partial charge in [-0.05, 0) is 42.8 Å². The first-order chi connectivity index (χ1) is 14.6. The van der Waals surface area contributed by atoms with Gasteiger partial charge in [-0.15, -0.1) is 0 Å². The highest BCUT2D eigenvalue weighted by Crippen LogP contribution is 2.24. The maximum Gasteiger partial charge on any atom is 0.248 e. The molecule has 1 amide bonds. The molecule has 2 aromatic rings. The van der Waals surface area contributed by atoms with Crippen LogP contribution in [0.5, 0.6) is 0 Å². The molecule has 0 spiro atoms. The second-order valence-corrected chi connectivity index (χ2v) is 10.7. The molecular formula is C21H29N3O5S2. The molecule has 0 aromatic heterocycles. The Balaban J connectivity index is 2.28. The van der Waals surface area contributed by atoms with E-state index < -0.39 is 32.0 Å². The summed E-state index contributed by atoms with van der Waals surface area (Å²) in [7, 11) is -7.32. The van der Waals surface area contributed by atoms with Crippen molar-refractivity contribution in [1.82, 2.24) is 4.31 Å². The lowest BCUT2D eigenvalue weighted by Crippen LogP contribution is -2.46. The normalized spacial score (nSPS) is 13.1. The van der Waals surface area contributed by atoms with Gasteiger partial charge in [0.1, 0.15) is 6.04 Å². The van der Waals surface area contributed by atoms with Crippen molar-refractivity contribution >= 4 is 37.3 Å². The molecule has 2 aromatic carbocycles. The summed E-state index contributed by atoms with van der Waals surface area (Å²) in [5.41, 5.74) is 0.774. The third kappa shape index (κ3) is 5.84. The highest BCUT2D eigenvalue weighted by atomic mass is 32.2. The van der Waals surface area contributed by atoms with E-state index in [2.05, 4.69) is 5.32 Å². The summed E-state index contributed by atoms with van der Waals surface area (Å²) in [4.78, 5) is 13.1. The van der Waals surface area contributed by atoms with Gasteiger partial charge < -0.3 is 5.32 Å². The number of carbonyl (C=O) groups is 1. The Morgan fingerprint density at radius 1 is 0.903 bits per heavy atom. The maximum absolute atomic E-state index is 12.9. The Morgan fingerprint density at radius 3 is 1.90 bits per heavy atom. The smallest absolute Gasteiger partial charge is 0.248 e. The minimum absolute atomic E-state index is 0.128. The van der Waals surface area contributed by atoms with E-state index in [4.69, 9.17) is 0 Å². The first-order valence-electron chi connectivity index (χ1n) is 10.0. The molecule has 0 aliphatic rings. The molecule has 8 nitrogen and oxygen atoms in total. The van der Waals surface area contributed by atoms with Crippen LogP contribution >= 0.6 is 0 Å². The molecule has 0 bridgehead atoms. The second kappa shape index (κ2) is 10.3. The Hall–Kier alpha value is -2.43. The van der Waals surface area contributed by atoms with Crippen molar-refractivity contribution in [2.45, 2.75) is 38.1 Å². The van der Waals surface area contributed by atoms with Crippen molar-refractivity contribution in [3.63, 3.8) is 0 Å². The van der Waals surface area contributed by atoms with Crippen LogP contribution in [0.15, 0.2) is 59.5 Å². The summed E-state index contributed by atoms with van der Waals surface area (Å²) >= 11 is 0. The number of nitrogens with zero attached hydrogens (tertiary/aromatic N) is 2. The number of rotatable bonds is 10. The molecule has 0 saturated heterocycles. The van der Waals surface area contributed by atoms with Crippen LogP contribution in [0.4, 0.5) is 11.4 Å². The fourth-order valence-corrected chi connectivity index (χ4v) is 5.95. The largest absolute Gasteiger partial charge is 0.324 e. The van der Waals surface area contributed by atoms with Crippen molar-refractivity contribution in [1.29, 1.82) is 0 Å². The van der Waals surface area contributed by atoms with E-state index in [0.29, 0.717) is 24.5 Å². The highest BCUT2D eigenvalue weighted by molar-refractivity contribution is 7.92. The summed E-state index contributed by atoms with van der Waals surface area (Å²) in [5.74, 6) is -0.504. The lowest BCUT2D eigenvalue weighted by atomic mass is 10.2. The molecule has 1 N–H and O–H groups in total. The first-order valence-corrected chi connectivity index (χ1v) is 13.3. The molecule has 170 valence electrons. The number of nitrogens with one attached hydrogen (secondary N) is 1. The van der Waals surface area contributed by atoms with Gasteiger partial charge >= 0.3 is 0 Å². The van der Waals surface area contributed by atoms with E-state index >= 15 is 0 Å². The van der Waals surface area contributed by atoms with Crippen LogP contribution in [-0.4, -0.2) is 52.4 Å². The molecule has 1 atom stereocenters. The van der Waals surface area contributed by atoms with Gasteiger partial charge in [-0.25, -0.2) is 16.8 Å². The van der Waals surface area contributed by atoms with Gasteiger partial charge in [0.2, 0.25) is 26.0 Å². The number of hydrogen-bond acceptors (Lipinski definition) is 5. The van der Waals surface area contributed by atoms with E-state index in [1.54, 1.807) is 51.1 Å². The summed E-state index contributed by atoms with van der Waals surface area (Å²) in [6.45, 7) is 5.97. The summed E-state index contributed by atoms with van der Waals surface area (Å²) < 4.78 is 52.5. The van der Waals surface area contributed by atoms with Crippen LogP contribution in [0.25, 0.3) is 0 Å². The lowest BCUT2D eigenvalue weighted by Gasteiger charge is -2.30. The molecule has 0 aliphatic carbocycles. The average molecular weight is 468 g/mol. The summed E-state index contributed by atoms with van der Waals surface area (Å²) in [5, 5.41) is 2.70. The van der Waals surface area contributed by atoms with Gasteiger partial charge in [0.15, 0.2) is 0 Å². The Morgan fingerprint density at radius 2 is 1.45 bits per heavy atom. The Labute approximate surface area is 185 Å². The zero-order chi connectivity index (χ0) is 23.2. The first kappa shape index (κ1) is 24.8. The molecule has 0 unspecified atom stereocenters. The van der Waals surface area contributed by atoms with E-state index in [-0.39, 0.29) is 11.3 Å². The highest BCUT2D eigenvalue weighted by Gasteiger charge is 2.31. The molecule has 0 heterocycles. The summed E-state index contributed by atoms with van der Waals surface area (Å²) in [6, 6.07) is 13.3. The number of benzene rings is 2. The quantitative estimate of drug-likeness (QED) is 0.579. The topological polar surface area (TPSA) is 104 Å². The predicted molar refractivity (Wildman–Crippen MR) is 123 cm³/mol. The van der Waals surface area contributed by atoms with Crippen LogP contribution in [-0.2, 0) is 24.8 Å². The molecule has 0 fully saturated rings. The molecule has 31 heavy (non-hydrogen) atoms. The van der Waals surface area contributed by atoms with Crippen LogP contribution in [0.1, 0.15) is 27.2 Å². The fourth-order valence-electron chi connectivity index (χ4n) is 3.28. The zero-order valence-corrected chi connectivity index (χ0v) is 19.8. The number of hydrogen-bond donors (Lipinski definition) is 1. The number of sulfonamides is 2. The number of anilines is 2. The molecule has 10 heteroatoms. The van der Waals surface area contributed by atoms with Gasteiger partial charge in [-0.1, -0.05) is 39.0 Å². The molecule has 0 aliphatic heterocycles. The minimum atomic E-state index is -3.72. The van der Waals surface area contributed by atoms with E-state index in [9.17, 15) is 21.6 Å². The monoisotopic (exact) mass is 467 g/mol. The van der Waals surface area contributed by atoms with Gasteiger partial charge in [-0.2, -0.15) is 4.31 Å². The van der Waals surface area contributed by atoms with Crippen LogP contribution < -0.4 is 9.62 Å². The third-order valence-corrected chi connectivity index (χ3v) is 8.05. The summed E-state index contributed by atoms with van der Waals surface area (Å²) in [6.07, 6.45) is 1.31. The predicted octanol–water partition coefficient (Wildman–Crippen LogP) is 2.90. The average Bonchev–Trinajstić information content (AvgIpc) is 2.72. The fraction of sp³-hybridized carbons (Fsp3) is 0.381. The molecule has 0 radical (unpaired) electrons. The number of para-hydroxylation sites is 1. The zero-order valence-electron chi connectivity index (χ0n) is 18.1. The van der Waals surface area contributed by atoms with Gasteiger partial charge in [0, 0.05) is 18.8 Å². The van der Waals surface area contributed by atoms with Gasteiger partial charge in [0.25, 0.3) is 0 Å². The Bertz CT molecular complexity index is 1080. The van der Waals surface area contributed by atoms with Crippen LogP contribution in [0.3, 0.4) is 0 Å². The van der Waals surface area contributed by atoms with Gasteiger partial charge in [-0.3, -0.25) is 9.10 Å². The Kier molecular flexibility index (Phi) is 8.21. The number of amides is 1. The number of carbonyl (C=O) groups excluding carboxylic acids is 1. The second-order valence-electron chi connectivity index (χ2n) is 6.92. The van der Waals surface area contributed by atoms with Gasteiger partial charge in [0.05, 0.1) is 16.8 Å². The van der Waals surface area contributed by atoms with E-state index in [1.165, 1.54) is 28.6 Å². The van der Waals surface area contributed by atoms with Crippen LogP contribution in [0.2, 0.25) is 0 Å². The van der Waals surface area contributed by atoms with Crippen molar-refractivity contribution in [3.05, 3.63) is 54.6 Å².